The molecular weight excluding hydrogens is 244 g/mol. The fourth-order valence-electron chi connectivity index (χ4n) is 1.08. The predicted octanol–water partition coefficient (Wildman–Crippen LogP) is -0.112. The number of hydrogen-bond donors (Lipinski definition) is 2. The standard InChI is InChI=1S/C10H12N2O4S/c1-17(16)6-5-11-9(13)7-3-2-4-8(12-7)10(14)15/h2-4H,5-6H2,1H3,(H,11,13)(H,14,15). The summed E-state index contributed by atoms with van der Waals surface area (Å²) >= 11 is 0. The third-order valence-corrected chi connectivity index (χ3v) is 2.65. The molecule has 0 saturated heterocycles. The van der Waals surface area contributed by atoms with E-state index in [-0.39, 0.29) is 17.9 Å². The van der Waals surface area contributed by atoms with Crippen molar-refractivity contribution in [3.05, 3.63) is 29.6 Å². The average molecular weight is 256 g/mol. The van der Waals surface area contributed by atoms with E-state index in [1.807, 2.05) is 0 Å². The maximum atomic E-state index is 11.5. The first-order chi connectivity index (χ1) is 8.00. The van der Waals surface area contributed by atoms with E-state index in [0.717, 1.165) is 0 Å². The van der Waals surface area contributed by atoms with E-state index in [9.17, 15) is 13.8 Å². The Kier molecular flexibility index (Phi) is 4.77. The van der Waals surface area contributed by atoms with Crippen molar-refractivity contribution in [3.8, 4) is 0 Å². The second-order valence-electron chi connectivity index (χ2n) is 3.25. The Morgan fingerprint density at radius 1 is 1.41 bits per heavy atom. The molecule has 1 rings (SSSR count). The van der Waals surface area contributed by atoms with Crippen LogP contribution in [0, 0.1) is 0 Å². The van der Waals surface area contributed by atoms with Crippen molar-refractivity contribution in [2.45, 2.75) is 0 Å². The van der Waals surface area contributed by atoms with Crippen molar-refractivity contribution >= 4 is 22.7 Å². The molecule has 1 aromatic rings. The molecule has 0 aliphatic rings. The Balaban J connectivity index is 2.65. The van der Waals surface area contributed by atoms with Crippen LogP contribution in [0.4, 0.5) is 0 Å². The molecule has 7 heteroatoms. The second-order valence-corrected chi connectivity index (χ2v) is 4.80. The highest BCUT2D eigenvalue weighted by atomic mass is 32.2. The van der Waals surface area contributed by atoms with E-state index in [4.69, 9.17) is 5.11 Å². The van der Waals surface area contributed by atoms with E-state index >= 15 is 0 Å². The number of pyridine rings is 1. The molecule has 0 aromatic carbocycles. The maximum Gasteiger partial charge on any atom is 0.354 e. The van der Waals surface area contributed by atoms with Crippen LogP contribution in [0.2, 0.25) is 0 Å². The summed E-state index contributed by atoms with van der Waals surface area (Å²) in [4.78, 5) is 25.9. The molecule has 0 bridgehead atoms. The molecule has 0 saturated carbocycles. The molecule has 0 aliphatic carbocycles. The van der Waals surface area contributed by atoms with Gasteiger partial charge in [0.05, 0.1) is 0 Å². The molecule has 1 atom stereocenters. The largest absolute Gasteiger partial charge is 0.477 e. The van der Waals surface area contributed by atoms with Gasteiger partial charge in [-0.1, -0.05) is 6.07 Å². The number of aromatic carboxylic acids is 1. The van der Waals surface area contributed by atoms with Crippen LogP contribution in [0.5, 0.6) is 0 Å². The maximum absolute atomic E-state index is 11.5. The molecule has 0 aliphatic heterocycles. The van der Waals surface area contributed by atoms with Crippen LogP contribution in [-0.4, -0.2) is 44.7 Å². The zero-order chi connectivity index (χ0) is 12.8. The van der Waals surface area contributed by atoms with Gasteiger partial charge < -0.3 is 10.4 Å². The number of carbonyl (C=O) groups excluding carboxylic acids is 1. The van der Waals surface area contributed by atoms with Gasteiger partial charge in [-0.3, -0.25) is 9.00 Å². The highest BCUT2D eigenvalue weighted by Gasteiger charge is 2.10. The van der Waals surface area contributed by atoms with Crippen LogP contribution in [0.1, 0.15) is 21.0 Å². The predicted molar refractivity (Wildman–Crippen MR) is 62.5 cm³/mol. The zero-order valence-corrected chi connectivity index (χ0v) is 9.99. The summed E-state index contributed by atoms with van der Waals surface area (Å²) in [6.07, 6.45) is 1.54. The summed E-state index contributed by atoms with van der Waals surface area (Å²) in [6.45, 7) is 0.265. The van der Waals surface area contributed by atoms with Crippen molar-refractivity contribution in [1.29, 1.82) is 0 Å². The SMILES string of the molecule is CS(=O)CCNC(=O)c1cccc(C(=O)O)n1. The van der Waals surface area contributed by atoms with Gasteiger partial charge in [-0.2, -0.15) is 0 Å². The monoisotopic (exact) mass is 256 g/mol. The second kappa shape index (κ2) is 6.09. The summed E-state index contributed by atoms with van der Waals surface area (Å²) in [5.74, 6) is -1.31. The summed E-state index contributed by atoms with van der Waals surface area (Å²) in [5, 5.41) is 11.2. The van der Waals surface area contributed by atoms with Crippen LogP contribution >= 0.6 is 0 Å². The van der Waals surface area contributed by atoms with Crippen LogP contribution in [0.25, 0.3) is 0 Å². The molecule has 0 spiro atoms. The van der Waals surface area contributed by atoms with Gasteiger partial charge >= 0.3 is 5.97 Å². The van der Waals surface area contributed by atoms with Gasteiger partial charge in [-0.05, 0) is 12.1 Å². The zero-order valence-electron chi connectivity index (χ0n) is 9.17. The van der Waals surface area contributed by atoms with Gasteiger partial charge in [0.1, 0.15) is 11.4 Å². The van der Waals surface area contributed by atoms with Crippen LogP contribution < -0.4 is 5.32 Å². The molecule has 6 nitrogen and oxygen atoms in total. The van der Waals surface area contributed by atoms with Gasteiger partial charge in [0.2, 0.25) is 0 Å². The summed E-state index contributed by atoms with van der Waals surface area (Å²) in [5.41, 5.74) is -0.150. The number of carbonyl (C=O) groups is 2. The fourth-order valence-corrected chi connectivity index (χ4v) is 1.47. The molecule has 0 fully saturated rings. The van der Waals surface area contributed by atoms with E-state index in [0.29, 0.717) is 5.75 Å². The lowest BCUT2D eigenvalue weighted by Gasteiger charge is -2.03. The molecule has 2 N–H and O–H groups in total. The molecule has 1 heterocycles. The quantitative estimate of drug-likeness (QED) is 0.766. The van der Waals surface area contributed by atoms with E-state index < -0.39 is 22.7 Å². The topological polar surface area (TPSA) is 96.4 Å². The van der Waals surface area contributed by atoms with Crippen molar-refractivity contribution in [2.24, 2.45) is 0 Å². The summed E-state index contributed by atoms with van der Waals surface area (Å²) < 4.78 is 10.8. The highest BCUT2D eigenvalue weighted by molar-refractivity contribution is 7.84. The minimum absolute atomic E-state index is 0.0341. The number of rotatable bonds is 5. The van der Waals surface area contributed by atoms with Crippen molar-refractivity contribution < 1.29 is 18.9 Å². The highest BCUT2D eigenvalue weighted by Crippen LogP contribution is 1.99. The Labute approximate surface area is 101 Å². The van der Waals surface area contributed by atoms with Gasteiger partial charge in [-0.15, -0.1) is 0 Å². The molecule has 17 heavy (non-hydrogen) atoms. The Morgan fingerprint density at radius 2 is 2.06 bits per heavy atom. The molecule has 0 radical (unpaired) electrons. The third kappa shape index (κ3) is 4.31. The van der Waals surface area contributed by atoms with Gasteiger partial charge in [0, 0.05) is 29.4 Å². The Bertz CT molecular complexity index is 461. The van der Waals surface area contributed by atoms with E-state index in [1.165, 1.54) is 24.5 Å². The summed E-state index contributed by atoms with van der Waals surface area (Å²) in [6, 6.07) is 4.17. The number of carboxylic acid groups (broad SMARTS) is 1. The van der Waals surface area contributed by atoms with Gasteiger partial charge in [0.25, 0.3) is 5.91 Å². The van der Waals surface area contributed by atoms with E-state index in [1.54, 1.807) is 0 Å². The van der Waals surface area contributed by atoms with Crippen molar-refractivity contribution in [3.63, 3.8) is 0 Å². The minimum atomic E-state index is -1.19. The van der Waals surface area contributed by atoms with Crippen LogP contribution in [-0.2, 0) is 10.8 Å². The number of nitrogens with zero attached hydrogens (tertiary/aromatic N) is 1. The number of carboxylic acids is 1. The van der Waals surface area contributed by atoms with Crippen LogP contribution in [0.3, 0.4) is 0 Å². The number of hydrogen-bond acceptors (Lipinski definition) is 4. The van der Waals surface area contributed by atoms with Crippen molar-refractivity contribution in [1.82, 2.24) is 10.3 Å². The first kappa shape index (κ1) is 13.3. The third-order valence-electron chi connectivity index (χ3n) is 1.88. The van der Waals surface area contributed by atoms with Gasteiger partial charge in [0.15, 0.2) is 0 Å². The number of amides is 1. The fraction of sp³-hybridized carbons (Fsp3) is 0.300. The molecule has 1 amide bonds. The lowest BCUT2D eigenvalue weighted by atomic mass is 10.3. The van der Waals surface area contributed by atoms with Gasteiger partial charge in [-0.25, -0.2) is 9.78 Å². The first-order valence-electron chi connectivity index (χ1n) is 4.79. The minimum Gasteiger partial charge on any atom is -0.477 e. The molecule has 1 aromatic heterocycles. The molecular formula is C10H12N2O4S. The Morgan fingerprint density at radius 3 is 2.65 bits per heavy atom. The lowest BCUT2D eigenvalue weighted by Crippen LogP contribution is -2.28. The number of nitrogens with one attached hydrogen (secondary N) is 1. The molecule has 1 unspecified atom stereocenters. The normalized spacial score (nSPS) is 11.8. The van der Waals surface area contributed by atoms with Crippen molar-refractivity contribution in [2.75, 3.05) is 18.6 Å². The van der Waals surface area contributed by atoms with E-state index in [2.05, 4.69) is 10.3 Å². The molecule has 92 valence electrons. The Hall–Kier alpha value is -1.76. The summed E-state index contributed by atoms with van der Waals surface area (Å²) in [7, 11) is -0.979. The smallest absolute Gasteiger partial charge is 0.354 e. The van der Waals surface area contributed by atoms with Crippen LogP contribution in [0.15, 0.2) is 18.2 Å². The first-order valence-corrected chi connectivity index (χ1v) is 6.52. The lowest BCUT2D eigenvalue weighted by molar-refractivity contribution is 0.0690. The average Bonchev–Trinajstić information content (AvgIpc) is 2.28. The number of aromatic nitrogens is 1.